The minimum atomic E-state index is -0.139. The van der Waals surface area contributed by atoms with E-state index in [0.29, 0.717) is 12.6 Å². The topological polar surface area (TPSA) is 78.4 Å². The fourth-order valence-corrected chi connectivity index (χ4v) is 3.82. The smallest absolute Gasteiger partial charge is 0.226 e. The van der Waals surface area contributed by atoms with Gasteiger partial charge >= 0.3 is 0 Å². The summed E-state index contributed by atoms with van der Waals surface area (Å²) in [5.41, 5.74) is 5.61. The molecule has 1 saturated heterocycles. The molecular weight excluding hydrogens is 340 g/mol. The minimum absolute atomic E-state index is 0.128. The highest BCUT2D eigenvalue weighted by molar-refractivity contribution is 5.76. The maximum Gasteiger partial charge on any atom is 0.226 e. The van der Waals surface area contributed by atoms with Crippen molar-refractivity contribution in [2.75, 3.05) is 18.1 Å². The second-order valence-corrected chi connectivity index (χ2v) is 7.43. The molecule has 1 atom stereocenters. The largest absolute Gasteiger partial charge is 0.396 e. The normalized spacial score (nSPS) is 18.1. The van der Waals surface area contributed by atoms with Crippen molar-refractivity contribution in [3.63, 3.8) is 0 Å². The van der Waals surface area contributed by atoms with Gasteiger partial charge in [-0.2, -0.15) is 0 Å². The van der Waals surface area contributed by atoms with Crippen molar-refractivity contribution < 1.29 is 9.90 Å². The Balaban J connectivity index is 1.63. The van der Waals surface area contributed by atoms with E-state index in [-0.39, 0.29) is 18.9 Å². The Morgan fingerprint density at radius 3 is 2.96 bits per heavy atom. The molecule has 2 heterocycles. The summed E-state index contributed by atoms with van der Waals surface area (Å²) in [6.45, 7) is 3.57. The molecule has 6 heteroatoms. The van der Waals surface area contributed by atoms with E-state index >= 15 is 0 Å². The number of nitrogens with zero attached hydrogens (tertiary/aromatic N) is 3. The lowest BCUT2D eigenvalue weighted by Crippen LogP contribution is -2.46. The number of aliphatic hydroxyl groups is 1. The molecule has 0 bridgehead atoms. The summed E-state index contributed by atoms with van der Waals surface area (Å²) in [5.74, 6) is 0.714. The molecule has 1 aromatic heterocycles. The number of fused-ring (bicyclic) bond motifs is 1. The van der Waals surface area contributed by atoms with E-state index in [2.05, 4.69) is 29.3 Å². The number of aromatic nitrogens is 2. The van der Waals surface area contributed by atoms with Crippen LogP contribution in [-0.2, 0) is 24.2 Å². The molecule has 2 aliphatic rings. The van der Waals surface area contributed by atoms with Gasteiger partial charge in [0.1, 0.15) is 0 Å². The average molecular weight is 366 g/mol. The quantitative estimate of drug-likeness (QED) is 0.820. The molecule has 2 N–H and O–H groups in total. The summed E-state index contributed by atoms with van der Waals surface area (Å²) in [6, 6.07) is 8.71. The molecule has 4 rings (SSSR count). The first-order chi connectivity index (χ1) is 13.2. The first kappa shape index (κ1) is 17.9. The highest BCUT2D eigenvalue weighted by Crippen LogP contribution is 2.34. The first-order valence-corrected chi connectivity index (χ1v) is 9.79. The van der Waals surface area contributed by atoms with Crippen molar-refractivity contribution >= 4 is 11.9 Å². The molecule has 0 spiro atoms. The van der Waals surface area contributed by atoms with E-state index in [1.807, 2.05) is 12.1 Å². The SMILES string of the molecule is C[C@H]1CCN1c1nc2c(c(-c3cccc(CNC(=O)CCO)c3)n1)CCC2. The fraction of sp³-hybridized carbons (Fsp3) is 0.476. The Morgan fingerprint density at radius 1 is 1.33 bits per heavy atom. The van der Waals surface area contributed by atoms with Gasteiger partial charge in [-0.1, -0.05) is 18.2 Å². The van der Waals surface area contributed by atoms with Crippen LogP contribution in [0.15, 0.2) is 24.3 Å². The molecule has 27 heavy (non-hydrogen) atoms. The Hall–Kier alpha value is -2.47. The van der Waals surface area contributed by atoms with E-state index in [1.165, 1.54) is 17.7 Å². The van der Waals surface area contributed by atoms with Gasteiger partial charge in [-0.25, -0.2) is 9.97 Å². The Kier molecular flexibility index (Phi) is 5.07. The van der Waals surface area contributed by atoms with Gasteiger partial charge < -0.3 is 15.3 Å². The van der Waals surface area contributed by atoms with Crippen molar-refractivity contribution in [2.45, 2.75) is 51.6 Å². The molecule has 142 valence electrons. The Labute approximate surface area is 159 Å². The summed E-state index contributed by atoms with van der Waals surface area (Å²) >= 11 is 0. The van der Waals surface area contributed by atoms with E-state index in [0.717, 1.165) is 48.6 Å². The number of aliphatic hydroxyl groups excluding tert-OH is 1. The van der Waals surface area contributed by atoms with Crippen LogP contribution < -0.4 is 10.2 Å². The van der Waals surface area contributed by atoms with Crippen molar-refractivity contribution in [2.24, 2.45) is 0 Å². The Morgan fingerprint density at radius 2 is 2.22 bits per heavy atom. The van der Waals surface area contributed by atoms with Crippen LogP contribution in [0.4, 0.5) is 5.95 Å². The number of anilines is 1. The standard InChI is InChI=1S/C21H26N4O2/c1-14-8-10-25(14)21-23-18-7-3-6-17(18)20(24-21)16-5-2-4-15(12-16)13-22-19(27)9-11-26/h2,4-5,12,14,26H,3,6-11,13H2,1H3,(H,22,27)/t14-/m0/s1. The summed E-state index contributed by atoms with van der Waals surface area (Å²) in [4.78, 5) is 23.7. The second-order valence-electron chi connectivity index (χ2n) is 7.43. The maximum atomic E-state index is 11.6. The van der Waals surface area contributed by atoms with Crippen LogP contribution in [0, 0.1) is 0 Å². The molecule has 1 fully saturated rings. The lowest BCUT2D eigenvalue weighted by atomic mass is 10.0. The first-order valence-electron chi connectivity index (χ1n) is 9.79. The van der Waals surface area contributed by atoms with Gasteiger partial charge in [-0.15, -0.1) is 0 Å². The fourth-order valence-electron chi connectivity index (χ4n) is 3.82. The third kappa shape index (κ3) is 3.67. The monoisotopic (exact) mass is 366 g/mol. The van der Waals surface area contributed by atoms with Gasteiger partial charge in [-0.05, 0) is 44.2 Å². The number of benzene rings is 1. The van der Waals surface area contributed by atoms with Gasteiger partial charge in [0.2, 0.25) is 11.9 Å². The molecular formula is C21H26N4O2. The number of rotatable bonds is 6. The molecule has 0 radical (unpaired) electrons. The van der Waals surface area contributed by atoms with Gasteiger partial charge in [-0.3, -0.25) is 4.79 Å². The predicted octanol–water partition coefficient (Wildman–Crippen LogP) is 2.23. The molecule has 1 amide bonds. The average Bonchev–Trinajstić information content (AvgIpc) is 3.13. The van der Waals surface area contributed by atoms with Crippen molar-refractivity contribution in [1.29, 1.82) is 0 Å². The van der Waals surface area contributed by atoms with Crippen LogP contribution in [0.3, 0.4) is 0 Å². The molecule has 0 unspecified atom stereocenters. The molecule has 1 aliphatic heterocycles. The zero-order valence-corrected chi connectivity index (χ0v) is 15.7. The van der Waals surface area contributed by atoms with Crippen molar-refractivity contribution in [1.82, 2.24) is 15.3 Å². The highest BCUT2D eigenvalue weighted by Gasteiger charge is 2.29. The number of hydrogen-bond donors (Lipinski definition) is 2. The van der Waals surface area contributed by atoms with E-state index in [4.69, 9.17) is 15.1 Å². The van der Waals surface area contributed by atoms with Gasteiger partial charge in [0, 0.05) is 42.4 Å². The zero-order chi connectivity index (χ0) is 18.8. The number of carbonyl (C=O) groups excluding carboxylic acids is 1. The molecule has 6 nitrogen and oxygen atoms in total. The number of amides is 1. The lowest BCUT2D eigenvalue weighted by Gasteiger charge is -2.39. The van der Waals surface area contributed by atoms with E-state index in [9.17, 15) is 4.79 Å². The number of aryl methyl sites for hydroxylation is 1. The summed E-state index contributed by atoms with van der Waals surface area (Å²) < 4.78 is 0. The lowest BCUT2D eigenvalue weighted by molar-refractivity contribution is -0.121. The van der Waals surface area contributed by atoms with Crippen LogP contribution in [0.2, 0.25) is 0 Å². The summed E-state index contributed by atoms with van der Waals surface area (Å²) in [7, 11) is 0. The number of carbonyl (C=O) groups is 1. The van der Waals surface area contributed by atoms with Crippen molar-refractivity contribution in [3.8, 4) is 11.3 Å². The predicted molar refractivity (Wildman–Crippen MR) is 104 cm³/mol. The number of hydrogen-bond acceptors (Lipinski definition) is 5. The third-order valence-electron chi connectivity index (χ3n) is 5.53. The van der Waals surface area contributed by atoms with E-state index < -0.39 is 0 Å². The Bertz CT molecular complexity index is 852. The van der Waals surface area contributed by atoms with Crippen LogP contribution in [0.5, 0.6) is 0 Å². The van der Waals surface area contributed by atoms with Crippen LogP contribution in [-0.4, -0.2) is 40.2 Å². The maximum absolute atomic E-state index is 11.6. The summed E-state index contributed by atoms with van der Waals surface area (Å²) in [6.07, 6.45) is 4.51. The zero-order valence-electron chi connectivity index (χ0n) is 15.7. The summed E-state index contributed by atoms with van der Waals surface area (Å²) in [5, 5.41) is 11.7. The van der Waals surface area contributed by atoms with Gasteiger partial charge in [0.25, 0.3) is 0 Å². The van der Waals surface area contributed by atoms with Crippen LogP contribution in [0.25, 0.3) is 11.3 Å². The van der Waals surface area contributed by atoms with Gasteiger partial charge in [0.15, 0.2) is 0 Å². The van der Waals surface area contributed by atoms with Crippen LogP contribution in [0.1, 0.15) is 43.0 Å². The van der Waals surface area contributed by atoms with Crippen molar-refractivity contribution in [3.05, 3.63) is 41.1 Å². The minimum Gasteiger partial charge on any atom is -0.396 e. The molecule has 2 aromatic rings. The molecule has 0 saturated carbocycles. The molecule has 1 aliphatic carbocycles. The van der Waals surface area contributed by atoms with Gasteiger partial charge in [0.05, 0.1) is 12.3 Å². The third-order valence-corrected chi connectivity index (χ3v) is 5.53. The van der Waals surface area contributed by atoms with Crippen LogP contribution >= 0.6 is 0 Å². The highest BCUT2D eigenvalue weighted by atomic mass is 16.3. The second kappa shape index (κ2) is 7.64. The number of nitrogens with one attached hydrogen (secondary N) is 1. The molecule has 1 aromatic carbocycles. The van der Waals surface area contributed by atoms with E-state index in [1.54, 1.807) is 0 Å².